The summed E-state index contributed by atoms with van der Waals surface area (Å²) in [6.07, 6.45) is 1.49. The van der Waals surface area contributed by atoms with E-state index >= 15 is 0 Å². The van der Waals surface area contributed by atoms with Crippen LogP contribution < -0.4 is 0 Å². The standard InChI is InChI=1S/C31H34N2O7S/c1-5-39-31(35)29-23(3)33(17-18-38-4)30(34)28(29)19-25-13-14-26(40-25)21-32(20-24-9-7-6-8-10-24)41(36,37)27-15-11-22(2)12-16-27/h6-16,19H,5,17-18,20-21H2,1-4H3/b28-19+. The first-order valence-electron chi connectivity index (χ1n) is 13.3. The van der Waals surface area contributed by atoms with Gasteiger partial charge in [-0.2, -0.15) is 4.31 Å². The summed E-state index contributed by atoms with van der Waals surface area (Å²) in [5.41, 5.74) is 2.56. The number of amides is 1. The van der Waals surface area contributed by atoms with E-state index < -0.39 is 16.0 Å². The fraction of sp³-hybridized carbons (Fsp3) is 0.290. The molecule has 1 aliphatic heterocycles. The lowest BCUT2D eigenvalue weighted by Crippen LogP contribution is -2.30. The smallest absolute Gasteiger partial charge is 0.340 e. The third-order valence-corrected chi connectivity index (χ3v) is 8.48. The van der Waals surface area contributed by atoms with E-state index in [1.165, 1.54) is 22.4 Å². The number of rotatable bonds is 12. The van der Waals surface area contributed by atoms with E-state index in [-0.39, 0.29) is 48.2 Å². The van der Waals surface area contributed by atoms with Crippen molar-refractivity contribution >= 4 is 28.0 Å². The van der Waals surface area contributed by atoms with Gasteiger partial charge in [-0.1, -0.05) is 48.0 Å². The molecule has 0 fully saturated rings. The molecule has 4 rings (SSSR count). The molecule has 0 N–H and O–H groups in total. The average molecular weight is 579 g/mol. The first-order valence-corrected chi connectivity index (χ1v) is 14.7. The number of hydrogen-bond donors (Lipinski definition) is 0. The van der Waals surface area contributed by atoms with Crippen LogP contribution in [0.2, 0.25) is 0 Å². The van der Waals surface area contributed by atoms with Gasteiger partial charge in [0.25, 0.3) is 5.91 Å². The Labute approximate surface area is 240 Å². The van der Waals surface area contributed by atoms with Gasteiger partial charge in [-0.05, 0) is 56.7 Å². The van der Waals surface area contributed by atoms with E-state index in [9.17, 15) is 18.0 Å². The molecule has 0 aliphatic carbocycles. The van der Waals surface area contributed by atoms with E-state index in [4.69, 9.17) is 13.9 Å². The predicted molar refractivity (Wildman–Crippen MR) is 154 cm³/mol. The Balaban J connectivity index is 1.65. The third kappa shape index (κ3) is 6.84. The Hall–Kier alpha value is -3.99. The molecule has 10 heteroatoms. The lowest BCUT2D eigenvalue weighted by Gasteiger charge is -2.21. The minimum Gasteiger partial charge on any atom is -0.462 e. The number of carbonyl (C=O) groups excluding carboxylic acids is 2. The van der Waals surface area contributed by atoms with Crippen LogP contribution in [0.1, 0.15) is 36.5 Å². The van der Waals surface area contributed by atoms with Gasteiger partial charge in [-0.25, -0.2) is 13.2 Å². The van der Waals surface area contributed by atoms with Crippen molar-refractivity contribution in [2.75, 3.05) is 26.9 Å². The topological polar surface area (TPSA) is 106 Å². The zero-order valence-corrected chi connectivity index (χ0v) is 24.4. The number of benzene rings is 2. The molecule has 3 aromatic rings. The predicted octanol–water partition coefficient (Wildman–Crippen LogP) is 4.69. The van der Waals surface area contributed by atoms with Crippen molar-refractivity contribution in [2.45, 2.75) is 38.8 Å². The van der Waals surface area contributed by atoms with Crippen LogP contribution in [0.4, 0.5) is 0 Å². The first kappa shape index (κ1) is 30.0. The number of aryl methyl sites for hydroxylation is 1. The fourth-order valence-electron chi connectivity index (χ4n) is 4.53. The van der Waals surface area contributed by atoms with Crippen LogP contribution in [0, 0.1) is 6.92 Å². The van der Waals surface area contributed by atoms with Gasteiger partial charge in [0.15, 0.2) is 0 Å². The quantitative estimate of drug-likeness (QED) is 0.227. The second kappa shape index (κ2) is 13.1. The number of furan rings is 1. The number of carbonyl (C=O) groups is 2. The summed E-state index contributed by atoms with van der Waals surface area (Å²) < 4.78 is 45.0. The highest BCUT2D eigenvalue weighted by Gasteiger charge is 2.37. The molecule has 2 heterocycles. The summed E-state index contributed by atoms with van der Waals surface area (Å²) >= 11 is 0. The summed E-state index contributed by atoms with van der Waals surface area (Å²) in [5.74, 6) is -0.287. The highest BCUT2D eigenvalue weighted by atomic mass is 32.2. The number of allylic oxidation sites excluding steroid dienone is 1. The lowest BCUT2D eigenvalue weighted by atomic mass is 10.1. The van der Waals surface area contributed by atoms with Crippen LogP contribution in [0.5, 0.6) is 0 Å². The van der Waals surface area contributed by atoms with Gasteiger partial charge in [-0.3, -0.25) is 4.79 Å². The molecule has 0 atom stereocenters. The lowest BCUT2D eigenvalue weighted by molar-refractivity contribution is -0.138. The van der Waals surface area contributed by atoms with Crippen molar-refractivity contribution < 1.29 is 31.9 Å². The Morgan fingerprint density at radius 1 is 1.00 bits per heavy atom. The number of ether oxygens (including phenoxy) is 2. The van der Waals surface area contributed by atoms with E-state index in [1.807, 2.05) is 37.3 Å². The normalized spacial score (nSPS) is 14.9. The van der Waals surface area contributed by atoms with Crippen LogP contribution >= 0.6 is 0 Å². The number of sulfonamides is 1. The molecule has 1 aliphatic rings. The number of nitrogens with zero attached hydrogens (tertiary/aromatic N) is 2. The van der Waals surface area contributed by atoms with Crippen molar-refractivity contribution in [2.24, 2.45) is 0 Å². The van der Waals surface area contributed by atoms with Crippen molar-refractivity contribution in [1.29, 1.82) is 0 Å². The Bertz CT molecular complexity index is 1560. The summed E-state index contributed by atoms with van der Waals surface area (Å²) in [7, 11) is -2.33. The number of hydrogen-bond acceptors (Lipinski definition) is 7. The third-order valence-electron chi connectivity index (χ3n) is 6.67. The molecule has 0 radical (unpaired) electrons. The monoisotopic (exact) mass is 578 g/mol. The van der Waals surface area contributed by atoms with Gasteiger partial charge in [-0.15, -0.1) is 0 Å². The summed E-state index contributed by atoms with van der Waals surface area (Å²) in [4.78, 5) is 27.7. The van der Waals surface area contributed by atoms with Crippen molar-refractivity contribution in [3.63, 3.8) is 0 Å². The molecule has 1 amide bonds. The zero-order valence-electron chi connectivity index (χ0n) is 23.6. The Morgan fingerprint density at radius 3 is 2.37 bits per heavy atom. The molecule has 41 heavy (non-hydrogen) atoms. The fourth-order valence-corrected chi connectivity index (χ4v) is 5.92. The molecule has 0 saturated carbocycles. The molecule has 0 bridgehead atoms. The first-order chi connectivity index (χ1) is 19.6. The minimum absolute atomic E-state index is 0.0399. The largest absolute Gasteiger partial charge is 0.462 e. The molecule has 0 spiro atoms. The van der Waals surface area contributed by atoms with Gasteiger partial charge in [0.1, 0.15) is 11.5 Å². The zero-order chi connectivity index (χ0) is 29.6. The van der Waals surface area contributed by atoms with Crippen molar-refractivity contribution in [3.05, 3.63) is 106 Å². The molecular weight excluding hydrogens is 544 g/mol. The second-order valence-corrected chi connectivity index (χ2v) is 11.5. The molecule has 2 aromatic carbocycles. The molecule has 0 unspecified atom stereocenters. The molecular formula is C31H34N2O7S. The van der Waals surface area contributed by atoms with Crippen molar-refractivity contribution in [1.82, 2.24) is 9.21 Å². The average Bonchev–Trinajstić information content (AvgIpc) is 3.49. The summed E-state index contributed by atoms with van der Waals surface area (Å²) in [6.45, 7) is 6.10. The van der Waals surface area contributed by atoms with Crippen LogP contribution in [-0.2, 0) is 42.2 Å². The van der Waals surface area contributed by atoms with Gasteiger partial charge < -0.3 is 18.8 Å². The van der Waals surface area contributed by atoms with E-state index in [1.54, 1.807) is 50.2 Å². The minimum atomic E-state index is -3.87. The maximum Gasteiger partial charge on any atom is 0.340 e. The van der Waals surface area contributed by atoms with Crippen LogP contribution in [0.25, 0.3) is 6.08 Å². The molecule has 9 nitrogen and oxygen atoms in total. The van der Waals surface area contributed by atoms with Crippen LogP contribution in [-0.4, -0.2) is 56.4 Å². The maximum absolute atomic E-state index is 13.7. The number of esters is 1. The number of methoxy groups -OCH3 is 1. The van der Waals surface area contributed by atoms with Gasteiger partial charge in [0.2, 0.25) is 10.0 Å². The van der Waals surface area contributed by atoms with Crippen LogP contribution in [0.3, 0.4) is 0 Å². The highest BCUT2D eigenvalue weighted by molar-refractivity contribution is 7.89. The SMILES string of the molecule is CCOC(=O)C1=C(C)N(CCOC)C(=O)/C1=C/c1ccc(CN(Cc2ccccc2)S(=O)(=O)c2ccc(C)cc2)o1. The van der Waals surface area contributed by atoms with Crippen molar-refractivity contribution in [3.8, 4) is 0 Å². The van der Waals surface area contributed by atoms with E-state index in [0.717, 1.165) is 11.1 Å². The highest BCUT2D eigenvalue weighted by Crippen LogP contribution is 2.32. The molecule has 1 aromatic heterocycles. The second-order valence-electron chi connectivity index (χ2n) is 9.56. The molecule has 0 saturated heterocycles. The summed E-state index contributed by atoms with van der Waals surface area (Å²) in [5, 5.41) is 0. The van der Waals surface area contributed by atoms with Gasteiger partial charge in [0.05, 0.1) is 35.8 Å². The van der Waals surface area contributed by atoms with E-state index in [0.29, 0.717) is 23.8 Å². The summed E-state index contributed by atoms with van der Waals surface area (Å²) in [6, 6.07) is 19.3. The molecule has 216 valence electrons. The Kier molecular flexibility index (Phi) is 9.59. The maximum atomic E-state index is 13.7. The van der Waals surface area contributed by atoms with Gasteiger partial charge >= 0.3 is 5.97 Å². The van der Waals surface area contributed by atoms with E-state index in [2.05, 4.69) is 0 Å². The van der Waals surface area contributed by atoms with Gasteiger partial charge in [0, 0.05) is 25.9 Å². The Morgan fingerprint density at radius 2 is 1.71 bits per heavy atom. The van der Waals surface area contributed by atoms with Crippen LogP contribution in [0.15, 0.2) is 92.9 Å².